The second-order valence-electron chi connectivity index (χ2n) is 16.3. The van der Waals surface area contributed by atoms with Crippen molar-refractivity contribution in [2.75, 3.05) is 20.3 Å². The maximum absolute atomic E-state index is 14.2. The lowest BCUT2D eigenvalue weighted by atomic mass is 9.71. The minimum atomic E-state index is -1.81. The number of rotatable bonds is 5. The second kappa shape index (κ2) is 15.9. The molecule has 11 heteroatoms. The lowest BCUT2D eigenvalue weighted by Gasteiger charge is -2.48. The highest BCUT2D eigenvalue weighted by Crippen LogP contribution is 2.47. The molecule has 0 aromatic rings. The van der Waals surface area contributed by atoms with Gasteiger partial charge in [-0.05, 0) is 55.9 Å². The summed E-state index contributed by atoms with van der Waals surface area (Å²) in [6.07, 6.45) is 10.7. The van der Waals surface area contributed by atoms with Crippen LogP contribution in [0.25, 0.3) is 0 Å². The van der Waals surface area contributed by atoms with Gasteiger partial charge in [0, 0.05) is 44.1 Å². The largest absolute Gasteiger partial charge is 0.462 e. The summed E-state index contributed by atoms with van der Waals surface area (Å²) < 4.78 is 44.6. The van der Waals surface area contributed by atoms with E-state index in [2.05, 4.69) is 39.8 Å². The molecule has 3 fully saturated rings. The van der Waals surface area contributed by atoms with E-state index in [0.717, 1.165) is 5.57 Å². The van der Waals surface area contributed by atoms with Crippen LogP contribution < -0.4 is 0 Å². The fraction of sp³-hybridized carbons (Fsp3) is 0.732. The normalized spacial score (nSPS) is 48.3. The molecule has 5 heterocycles. The van der Waals surface area contributed by atoms with E-state index in [-0.39, 0.29) is 61.3 Å². The van der Waals surface area contributed by atoms with E-state index in [1.165, 1.54) is 0 Å². The lowest BCUT2D eigenvalue weighted by molar-refractivity contribution is -0.299. The molecule has 1 aliphatic carbocycles. The van der Waals surface area contributed by atoms with Gasteiger partial charge in [-0.2, -0.15) is 0 Å². The molecule has 11 nitrogen and oxygen atoms in total. The van der Waals surface area contributed by atoms with E-state index < -0.39 is 54.0 Å². The Morgan fingerprint density at radius 3 is 2.52 bits per heavy atom. The highest BCUT2D eigenvalue weighted by Gasteiger charge is 2.60. The third kappa shape index (κ3) is 7.68. The van der Waals surface area contributed by atoms with Crippen LogP contribution in [0, 0.1) is 29.6 Å². The van der Waals surface area contributed by atoms with Gasteiger partial charge in [-0.1, -0.05) is 64.2 Å². The summed E-state index contributed by atoms with van der Waals surface area (Å²) in [5, 5.41) is 33.4. The fourth-order valence-corrected chi connectivity index (χ4v) is 9.10. The molecule has 6 rings (SSSR count). The summed E-state index contributed by atoms with van der Waals surface area (Å²) in [4.78, 5) is 14.2. The van der Waals surface area contributed by atoms with Crippen LogP contribution in [-0.2, 0) is 38.0 Å². The van der Waals surface area contributed by atoms with Crippen LogP contribution in [-0.4, -0.2) is 108 Å². The Hall–Kier alpha value is -2.19. The van der Waals surface area contributed by atoms with Crippen LogP contribution in [0.3, 0.4) is 0 Å². The summed E-state index contributed by atoms with van der Waals surface area (Å²) in [5.41, 5.74) is 0.207. The molecule has 6 aliphatic rings. The number of esters is 1. The highest BCUT2D eigenvalue weighted by molar-refractivity contribution is 5.78. The molecule has 15 atom stereocenters. The fourth-order valence-electron chi connectivity index (χ4n) is 9.10. The first-order valence-electron chi connectivity index (χ1n) is 19.1. The molecule has 1 spiro atoms. The van der Waals surface area contributed by atoms with E-state index >= 15 is 0 Å². The van der Waals surface area contributed by atoms with Crippen LogP contribution in [0.1, 0.15) is 74.1 Å². The van der Waals surface area contributed by atoms with E-state index in [1.807, 2.05) is 32.1 Å². The van der Waals surface area contributed by atoms with Gasteiger partial charge in [-0.3, -0.25) is 4.79 Å². The Morgan fingerprint density at radius 1 is 1.04 bits per heavy atom. The van der Waals surface area contributed by atoms with Crippen molar-refractivity contribution in [3.8, 4) is 0 Å². The average molecular weight is 729 g/mol. The molecule has 5 aliphatic heterocycles. The van der Waals surface area contributed by atoms with Crippen LogP contribution >= 0.6 is 0 Å². The molecule has 52 heavy (non-hydrogen) atoms. The Kier molecular flexibility index (Phi) is 12.1. The number of hydrogen-bond donors (Lipinski definition) is 3. The monoisotopic (exact) mass is 728 g/mol. The third-order valence-corrected chi connectivity index (χ3v) is 12.2. The first-order valence-corrected chi connectivity index (χ1v) is 19.1. The van der Waals surface area contributed by atoms with Crippen LogP contribution in [0.5, 0.6) is 0 Å². The van der Waals surface area contributed by atoms with Crippen molar-refractivity contribution in [3.05, 3.63) is 59.3 Å². The molecule has 0 amide bonds. The van der Waals surface area contributed by atoms with Gasteiger partial charge in [0.2, 0.25) is 0 Å². The second-order valence-corrected chi connectivity index (χ2v) is 16.3. The third-order valence-electron chi connectivity index (χ3n) is 12.2. The topological polar surface area (TPSA) is 142 Å². The molecule has 0 unspecified atom stereocenters. The lowest BCUT2D eigenvalue weighted by Crippen LogP contribution is -2.58. The highest BCUT2D eigenvalue weighted by atomic mass is 16.7. The van der Waals surface area contributed by atoms with Crippen molar-refractivity contribution in [3.63, 3.8) is 0 Å². The summed E-state index contributed by atoms with van der Waals surface area (Å²) in [6.45, 7) is 14.2. The zero-order chi connectivity index (χ0) is 37.5. The molecular formula is C41H60O11. The Morgan fingerprint density at radius 2 is 1.81 bits per heavy atom. The minimum absolute atomic E-state index is 0.0400. The predicted molar refractivity (Wildman–Crippen MR) is 193 cm³/mol. The van der Waals surface area contributed by atoms with Crippen LogP contribution in [0.4, 0.5) is 0 Å². The molecule has 0 aromatic heterocycles. The molecule has 2 bridgehead atoms. The first-order chi connectivity index (χ1) is 24.7. The minimum Gasteiger partial charge on any atom is -0.462 e. The molecule has 0 aromatic carbocycles. The van der Waals surface area contributed by atoms with Gasteiger partial charge < -0.3 is 48.5 Å². The summed E-state index contributed by atoms with van der Waals surface area (Å²) in [5.74, 6) is -2.63. The molecule has 0 radical (unpaired) electrons. The van der Waals surface area contributed by atoms with Crippen molar-refractivity contribution in [1.82, 2.24) is 0 Å². The van der Waals surface area contributed by atoms with Gasteiger partial charge in [0.15, 0.2) is 12.1 Å². The number of hydrogen-bond acceptors (Lipinski definition) is 11. The quantitative estimate of drug-likeness (QED) is 0.268. The molecule has 3 N–H and O–H groups in total. The summed E-state index contributed by atoms with van der Waals surface area (Å²) in [6, 6.07) is 0. The van der Waals surface area contributed by atoms with E-state index in [4.69, 9.17) is 33.2 Å². The number of carbonyl (C=O) groups is 1. The number of carbonyl (C=O) groups excluding carboxylic acids is 1. The van der Waals surface area contributed by atoms with Gasteiger partial charge >= 0.3 is 5.97 Å². The number of methoxy groups -OCH3 is 1. The predicted octanol–water partition coefficient (Wildman–Crippen LogP) is 4.70. The maximum Gasteiger partial charge on any atom is 0.316 e. The number of ether oxygens (including phenoxy) is 7. The Balaban J connectivity index is 1.38. The van der Waals surface area contributed by atoms with Crippen molar-refractivity contribution < 1.29 is 53.3 Å². The number of aliphatic hydroxyl groups is 3. The van der Waals surface area contributed by atoms with Gasteiger partial charge in [0.1, 0.15) is 29.8 Å². The van der Waals surface area contributed by atoms with E-state index in [1.54, 1.807) is 26.2 Å². The van der Waals surface area contributed by atoms with Crippen molar-refractivity contribution in [1.29, 1.82) is 0 Å². The molecular weight excluding hydrogens is 668 g/mol. The van der Waals surface area contributed by atoms with Gasteiger partial charge in [0.25, 0.3) is 0 Å². The van der Waals surface area contributed by atoms with Crippen molar-refractivity contribution in [2.24, 2.45) is 29.6 Å². The first kappa shape index (κ1) is 39.5. The smallest absolute Gasteiger partial charge is 0.316 e. The van der Waals surface area contributed by atoms with Gasteiger partial charge in [-0.25, -0.2) is 0 Å². The van der Waals surface area contributed by atoms with Crippen molar-refractivity contribution in [2.45, 2.75) is 141 Å². The SMILES string of the molecule is CO[C@H]1C[C@H](O[C@@H]2/C(C)=C/C[C@@H]3C[C@@H](C[C@]4(C=C[C@H](C)[C@@H](C(C)C)O4)O3)OC(=O)[C@@H]3C=C(C)[C@@H](O)[C@H]4OC/C(=C\C=C\[C@@H]2C)[C@]43O)O[C@@H](C)[C@@H]1CO. The maximum atomic E-state index is 14.2. The number of aliphatic hydroxyl groups excluding tert-OH is 2. The zero-order valence-electron chi connectivity index (χ0n) is 32.0. The van der Waals surface area contributed by atoms with Crippen LogP contribution in [0.2, 0.25) is 0 Å². The standard InChI is InChI=1S/C41H60O11/c1-22(2)36-25(5)14-15-40(52-36)19-30-17-29(51-40)13-12-24(4)37(50-34-18-33(46-8)31(20-42)27(7)48-34)23(3)10-9-11-28-21-47-38-35(43)26(6)16-32(39(44)49-30)41(28,38)45/h9-12,14-16,22-23,25,27,29-38,42-43,45H,13,17-21H2,1-8H3/b10-9+,24-12+,28-11+/t23-,25-,27-,29+,30-,31-,32-,33-,34-,35+,36+,37-,38+,40+,41+/m0/s1. The summed E-state index contributed by atoms with van der Waals surface area (Å²) >= 11 is 0. The Labute approximate surface area is 308 Å². The Bertz CT molecular complexity index is 1450. The average Bonchev–Trinajstić information content (AvgIpc) is 3.44. The number of fused-ring (bicyclic) bond motifs is 2. The van der Waals surface area contributed by atoms with Crippen LogP contribution in [0.15, 0.2) is 59.3 Å². The van der Waals surface area contributed by atoms with E-state index in [0.29, 0.717) is 36.8 Å². The number of allylic oxidation sites excluding steroid dienone is 2. The molecule has 3 saturated heterocycles. The van der Waals surface area contributed by atoms with Gasteiger partial charge in [0.05, 0.1) is 43.7 Å². The molecule has 0 saturated carbocycles. The van der Waals surface area contributed by atoms with Crippen molar-refractivity contribution >= 4 is 5.97 Å². The summed E-state index contributed by atoms with van der Waals surface area (Å²) in [7, 11) is 1.65. The van der Waals surface area contributed by atoms with Gasteiger partial charge in [-0.15, -0.1) is 0 Å². The zero-order valence-corrected chi connectivity index (χ0v) is 32.0. The van der Waals surface area contributed by atoms with E-state index in [9.17, 15) is 20.1 Å². The molecule has 290 valence electrons.